The number of nitrogens with one attached hydrogen (secondary N) is 1. The van der Waals surface area contributed by atoms with E-state index in [1.807, 2.05) is 0 Å². The Balaban J connectivity index is 1.57. The van der Waals surface area contributed by atoms with Crippen LogP contribution in [-0.4, -0.2) is 50.3 Å². The summed E-state index contributed by atoms with van der Waals surface area (Å²) in [6.07, 6.45) is 6.74. The summed E-state index contributed by atoms with van der Waals surface area (Å²) in [7, 11) is 0. The third-order valence-corrected chi connectivity index (χ3v) is 3.93. The van der Waals surface area contributed by atoms with Crippen LogP contribution in [-0.2, 0) is 4.74 Å². The fraction of sp³-hybridized carbons (Fsp3) is 1.00. The van der Waals surface area contributed by atoms with Crippen molar-refractivity contribution in [2.24, 2.45) is 5.92 Å². The van der Waals surface area contributed by atoms with Crippen LogP contribution in [0.3, 0.4) is 0 Å². The largest absolute Gasteiger partial charge is 0.380 e. The SMILES string of the molecule is CC(CNC1CCCOC1)CN1CCCCC1. The molecule has 100 valence electrons. The monoisotopic (exact) mass is 240 g/mol. The molecule has 2 saturated heterocycles. The molecule has 0 aromatic heterocycles. The smallest absolute Gasteiger partial charge is 0.0619 e. The predicted molar refractivity (Wildman–Crippen MR) is 71.3 cm³/mol. The second-order valence-electron chi connectivity index (χ2n) is 5.79. The Hall–Kier alpha value is -0.120. The van der Waals surface area contributed by atoms with E-state index < -0.39 is 0 Å². The predicted octanol–water partition coefficient (Wildman–Crippen LogP) is 1.88. The van der Waals surface area contributed by atoms with E-state index in [0.717, 1.165) is 25.7 Å². The van der Waals surface area contributed by atoms with Gasteiger partial charge in [0.2, 0.25) is 0 Å². The third-order valence-electron chi connectivity index (χ3n) is 3.93. The number of nitrogens with zero attached hydrogens (tertiary/aromatic N) is 1. The summed E-state index contributed by atoms with van der Waals surface area (Å²) in [4.78, 5) is 2.63. The molecule has 3 heteroatoms. The molecule has 2 fully saturated rings. The van der Waals surface area contributed by atoms with Crippen molar-refractivity contribution >= 4 is 0 Å². The van der Waals surface area contributed by atoms with Gasteiger partial charge in [-0.2, -0.15) is 0 Å². The summed E-state index contributed by atoms with van der Waals surface area (Å²) in [6, 6.07) is 0.604. The van der Waals surface area contributed by atoms with Crippen molar-refractivity contribution in [3.05, 3.63) is 0 Å². The lowest BCUT2D eigenvalue weighted by Crippen LogP contribution is -2.42. The Labute approximate surface area is 106 Å². The highest BCUT2D eigenvalue weighted by atomic mass is 16.5. The van der Waals surface area contributed by atoms with E-state index in [4.69, 9.17) is 4.74 Å². The summed E-state index contributed by atoms with van der Waals surface area (Å²) in [5.74, 6) is 0.759. The van der Waals surface area contributed by atoms with Gasteiger partial charge < -0.3 is 15.0 Å². The molecule has 0 amide bonds. The van der Waals surface area contributed by atoms with Gasteiger partial charge in [0.05, 0.1) is 6.61 Å². The quantitative estimate of drug-likeness (QED) is 0.794. The molecule has 0 aromatic rings. The molecular formula is C14H28N2O. The summed E-state index contributed by atoms with van der Waals surface area (Å²) < 4.78 is 5.49. The molecule has 2 rings (SSSR count). The second-order valence-corrected chi connectivity index (χ2v) is 5.79. The van der Waals surface area contributed by atoms with Gasteiger partial charge >= 0.3 is 0 Å². The minimum atomic E-state index is 0.604. The molecule has 1 N–H and O–H groups in total. The Morgan fingerprint density at radius 3 is 2.76 bits per heavy atom. The molecule has 0 aliphatic carbocycles. The van der Waals surface area contributed by atoms with Crippen molar-refractivity contribution in [2.75, 3.05) is 39.4 Å². The van der Waals surface area contributed by atoms with E-state index >= 15 is 0 Å². The van der Waals surface area contributed by atoms with Gasteiger partial charge in [-0.1, -0.05) is 13.3 Å². The van der Waals surface area contributed by atoms with Crippen molar-refractivity contribution in [1.29, 1.82) is 0 Å². The van der Waals surface area contributed by atoms with Crippen LogP contribution in [0.2, 0.25) is 0 Å². The van der Waals surface area contributed by atoms with Gasteiger partial charge in [-0.05, 0) is 51.2 Å². The number of hydrogen-bond acceptors (Lipinski definition) is 3. The maximum atomic E-state index is 5.49. The van der Waals surface area contributed by atoms with E-state index in [1.54, 1.807) is 0 Å². The van der Waals surface area contributed by atoms with E-state index in [2.05, 4.69) is 17.1 Å². The number of piperidine rings is 1. The first-order valence-corrected chi connectivity index (χ1v) is 7.38. The van der Waals surface area contributed by atoms with Gasteiger partial charge in [0.15, 0.2) is 0 Å². The summed E-state index contributed by atoms with van der Waals surface area (Å²) in [5, 5.41) is 3.66. The van der Waals surface area contributed by atoms with E-state index in [9.17, 15) is 0 Å². The van der Waals surface area contributed by atoms with E-state index in [1.165, 1.54) is 51.7 Å². The highest BCUT2D eigenvalue weighted by molar-refractivity contribution is 4.73. The molecule has 0 radical (unpaired) electrons. The maximum absolute atomic E-state index is 5.49. The minimum Gasteiger partial charge on any atom is -0.380 e. The average molecular weight is 240 g/mol. The van der Waals surface area contributed by atoms with Crippen molar-refractivity contribution in [2.45, 2.75) is 45.1 Å². The van der Waals surface area contributed by atoms with Gasteiger partial charge in [-0.25, -0.2) is 0 Å². The molecule has 0 saturated carbocycles. The van der Waals surface area contributed by atoms with Crippen LogP contribution >= 0.6 is 0 Å². The van der Waals surface area contributed by atoms with Crippen LogP contribution in [0, 0.1) is 5.92 Å². The topological polar surface area (TPSA) is 24.5 Å². The molecule has 2 unspecified atom stereocenters. The lowest BCUT2D eigenvalue weighted by Gasteiger charge is -2.30. The zero-order valence-electron chi connectivity index (χ0n) is 11.3. The highest BCUT2D eigenvalue weighted by Crippen LogP contribution is 2.11. The van der Waals surface area contributed by atoms with Gasteiger partial charge in [-0.3, -0.25) is 0 Å². The molecule has 0 spiro atoms. The van der Waals surface area contributed by atoms with Gasteiger partial charge in [0.1, 0.15) is 0 Å². The first-order chi connectivity index (χ1) is 8.34. The van der Waals surface area contributed by atoms with Crippen LogP contribution in [0.15, 0.2) is 0 Å². The normalized spacial score (nSPS) is 29.1. The average Bonchev–Trinajstić information content (AvgIpc) is 2.39. The third kappa shape index (κ3) is 4.94. The summed E-state index contributed by atoms with van der Waals surface area (Å²) in [5.41, 5.74) is 0. The molecule has 2 aliphatic rings. The lowest BCUT2D eigenvalue weighted by molar-refractivity contribution is 0.0683. The first-order valence-electron chi connectivity index (χ1n) is 7.38. The number of likely N-dealkylation sites (tertiary alicyclic amines) is 1. The first kappa shape index (κ1) is 13.3. The van der Waals surface area contributed by atoms with Crippen molar-refractivity contribution in [3.63, 3.8) is 0 Å². The lowest BCUT2D eigenvalue weighted by atomic mass is 10.1. The Morgan fingerprint density at radius 1 is 1.24 bits per heavy atom. The number of ether oxygens (including phenoxy) is 1. The van der Waals surface area contributed by atoms with Crippen LogP contribution in [0.4, 0.5) is 0 Å². The molecule has 0 bridgehead atoms. The Bertz CT molecular complexity index is 198. The van der Waals surface area contributed by atoms with Crippen LogP contribution in [0.5, 0.6) is 0 Å². The Kier molecular flexibility index (Phi) is 5.75. The summed E-state index contributed by atoms with van der Waals surface area (Å²) >= 11 is 0. The molecule has 17 heavy (non-hydrogen) atoms. The van der Waals surface area contributed by atoms with Crippen LogP contribution in [0.25, 0.3) is 0 Å². The molecule has 2 heterocycles. The fourth-order valence-corrected chi connectivity index (χ4v) is 2.92. The van der Waals surface area contributed by atoms with Gasteiger partial charge in [-0.15, -0.1) is 0 Å². The standard InChI is InChI=1S/C14H28N2O/c1-13(11-16-7-3-2-4-8-16)10-15-14-6-5-9-17-12-14/h13-15H,2-12H2,1H3. The fourth-order valence-electron chi connectivity index (χ4n) is 2.92. The van der Waals surface area contributed by atoms with Crippen molar-refractivity contribution < 1.29 is 4.74 Å². The van der Waals surface area contributed by atoms with E-state index in [-0.39, 0.29) is 0 Å². The zero-order chi connectivity index (χ0) is 11.9. The number of rotatable bonds is 5. The molecule has 0 aromatic carbocycles. The minimum absolute atomic E-state index is 0.604. The molecule has 2 atom stereocenters. The number of hydrogen-bond donors (Lipinski definition) is 1. The van der Waals surface area contributed by atoms with Crippen molar-refractivity contribution in [3.8, 4) is 0 Å². The van der Waals surface area contributed by atoms with Crippen molar-refractivity contribution in [1.82, 2.24) is 10.2 Å². The Morgan fingerprint density at radius 2 is 2.06 bits per heavy atom. The second kappa shape index (κ2) is 7.34. The highest BCUT2D eigenvalue weighted by Gasteiger charge is 2.16. The zero-order valence-corrected chi connectivity index (χ0v) is 11.3. The van der Waals surface area contributed by atoms with Crippen LogP contribution < -0.4 is 5.32 Å². The molecular weight excluding hydrogens is 212 g/mol. The van der Waals surface area contributed by atoms with Gasteiger partial charge in [0, 0.05) is 19.2 Å². The molecule has 3 nitrogen and oxygen atoms in total. The summed E-state index contributed by atoms with van der Waals surface area (Å²) in [6.45, 7) is 9.28. The maximum Gasteiger partial charge on any atom is 0.0619 e. The van der Waals surface area contributed by atoms with Gasteiger partial charge in [0.25, 0.3) is 0 Å². The van der Waals surface area contributed by atoms with E-state index in [0.29, 0.717) is 6.04 Å². The van der Waals surface area contributed by atoms with Crippen LogP contribution in [0.1, 0.15) is 39.0 Å². The molecule has 2 aliphatic heterocycles.